The van der Waals surface area contributed by atoms with E-state index in [2.05, 4.69) is 10.3 Å². The zero-order valence-electron chi connectivity index (χ0n) is 19.3. The molecule has 8 nitrogen and oxygen atoms in total. The molecular weight excluding hydrogens is 442 g/mol. The van der Waals surface area contributed by atoms with Gasteiger partial charge in [-0.2, -0.15) is 0 Å². The minimum Gasteiger partial charge on any atom is -0.497 e. The monoisotopic (exact) mass is 471 g/mol. The molecule has 0 atom stereocenters. The fraction of sp³-hybridized carbons (Fsp3) is 0.333. The van der Waals surface area contributed by atoms with Gasteiger partial charge in [-0.25, -0.2) is 0 Å². The largest absolute Gasteiger partial charge is 0.497 e. The minimum absolute atomic E-state index is 0.186. The predicted molar refractivity (Wildman–Crippen MR) is 132 cm³/mol. The van der Waals surface area contributed by atoms with Crippen LogP contribution in [0.3, 0.4) is 0 Å². The zero-order chi connectivity index (χ0) is 23.8. The molecular formula is C24H29N3O5S. The van der Waals surface area contributed by atoms with Crippen molar-refractivity contribution in [2.45, 2.75) is 13.1 Å². The van der Waals surface area contributed by atoms with E-state index in [0.717, 1.165) is 16.7 Å². The van der Waals surface area contributed by atoms with Crippen molar-refractivity contribution in [1.29, 1.82) is 0 Å². The summed E-state index contributed by atoms with van der Waals surface area (Å²) in [5, 5.41) is 4.57. The van der Waals surface area contributed by atoms with Crippen LogP contribution in [0.1, 0.15) is 11.1 Å². The first-order valence-electron chi connectivity index (χ1n) is 10.4. The van der Waals surface area contributed by atoms with Crippen LogP contribution in [0.4, 0.5) is 0 Å². The van der Waals surface area contributed by atoms with E-state index < -0.39 is 0 Å². The summed E-state index contributed by atoms with van der Waals surface area (Å²) in [5.74, 6) is 1.93. The number of nitrogens with one attached hydrogen (secondary N) is 2. The average Bonchev–Trinajstić information content (AvgIpc) is 2.83. The Morgan fingerprint density at radius 1 is 0.970 bits per heavy atom. The van der Waals surface area contributed by atoms with Crippen molar-refractivity contribution in [2.24, 2.45) is 0 Å². The Morgan fingerprint density at radius 3 is 2.30 bits per heavy atom. The molecule has 3 rings (SSSR count). The number of fused-ring (bicyclic) bond motifs is 1. The van der Waals surface area contributed by atoms with Crippen LogP contribution in [0.15, 0.2) is 47.3 Å². The molecule has 0 aliphatic carbocycles. The van der Waals surface area contributed by atoms with Crippen LogP contribution >= 0.6 is 12.2 Å². The van der Waals surface area contributed by atoms with E-state index in [1.807, 2.05) is 41.3 Å². The first-order valence-corrected chi connectivity index (χ1v) is 10.8. The molecule has 33 heavy (non-hydrogen) atoms. The van der Waals surface area contributed by atoms with Crippen molar-refractivity contribution in [3.05, 3.63) is 63.9 Å². The van der Waals surface area contributed by atoms with E-state index in [1.165, 1.54) is 0 Å². The van der Waals surface area contributed by atoms with Crippen LogP contribution in [0, 0.1) is 0 Å². The maximum absolute atomic E-state index is 12.9. The zero-order valence-corrected chi connectivity index (χ0v) is 20.1. The summed E-state index contributed by atoms with van der Waals surface area (Å²) in [4.78, 5) is 17.8. The smallest absolute Gasteiger partial charge is 0.253 e. The first-order chi connectivity index (χ1) is 16.0. The molecule has 3 aromatic rings. The van der Waals surface area contributed by atoms with Crippen molar-refractivity contribution in [2.75, 3.05) is 41.6 Å². The summed E-state index contributed by atoms with van der Waals surface area (Å²) in [7, 11) is 6.41. The summed E-state index contributed by atoms with van der Waals surface area (Å²) in [6.07, 6.45) is 0. The van der Waals surface area contributed by atoms with E-state index in [-0.39, 0.29) is 5.56 Å². The number of rotatable bonds is 10. The Hall–Kier alpha value is -3.30. The van der Waals surface area contributed by atoms with Crippen LogP contribution in [0.2, 0.25) is 0 Å². The molecule has 2 N–H and O–H groups in total. The molecule has 0 radical (unpaired) electrons. The molecule has 0 saturated carbocycles. The fourth-order valence-corrected chi connectivity index (χ4v) is 3.66. The number of H-pyrrole nitrogens is 1. The third-order valence-electron chi connectivity index (χ3n) is 5.19. The Morgan fingerprint density at radius 2 is 1.67 bits per heavy atom. The SMILES string of the molecule is COCCNC(=S)N(Cc1ccc(OC)cc1)Cc1cc2cc(OC)c(OC)cc2[nH]c1=O. The highest BCUT2D eigenvalue weighted by Gasteiger charge is 2.15. The molecule has 2 aromatic carbocycles. The van der Waals surface area contributed by atoms with Gasteiger partial charge < -0.3 is 34.1 Å². The van der Waals surface area contributed by atoms with Crippen LogP contribution < -0.4 is 25.1 Å². The van der Waals surface area contributed by atoms with Gasteiger partial charge in [-0.3, -0.25) is 4.79 Å². The molecule has 1 aromatic heterocycles. The van der Waals surface area contributed by atoms with Gasteiger partial charge >= 0.3 is 0 Å². The number of thiocarbonyl (C=S) groups is 1. The Bertz CT molecular complexity index is 1150. The Kier molecular flexibility index (Phi) is 8.51. The van der Waals surface area contributed by atoms with E-state index in [4.69, 9.17) is 31.2 Å². The third kappa shape index (κ3) is 6.15. The molecule has 0 amide bonds. The topological polar surface area (TPSA) is 85.1 Å². The summed E-state index contributed by atoms with van der Waals surface area (Å²) in [6, 6.07) is 13.2. The number of methoxy groups -OCH3 is 4. The maximum Gasteiger partial charge on any atom is 0.253 e. The molecule has 0 aliphatic heterocycles. The van der Waals surface area contributed by atoms with E-state index in [9.17, 15) is 4.79 Å². The standard InChI is InChI=1S/C24H29N3O5S/c1-29-10-9-25-24(33)27(14-16-5-7-19(30-2)8-6-16)15-18-11-17-12-21(31-3)22(32-4)13-20(17)26-23(18)28/h5-8,11-13H,9-10,14-15H2,1-4H3,(H,25,33)(H,26,28). The van der Waals surface area contributed by atoms with Crippen LogP contribution in [0.5, 0.6) is 17.2 Å². The highest BCUT2D eigenvalue weighted by atomic mass is 32.1. The molecule has 9 heteroatoms. The lowest BCUT2D eigenvalue weighted by Gasteiger charge is -2.26. The highest BCUT2D eigenvalue weighted by Crippen LogP contribution is 2.31. The van der Waals surface area contributed by atoms with Gasteiger partial charge in [0, 0.05) is 37.2 Å². The number of hydrogen-bond acceptors (Lipinski definition) is 6. The number of ether oxygens (including phenoxy) is 4. The lowest BCUT2D eigenvalue weighted by Crippen LogP contribution is -2.41. The Balaban J connectivity index is 1.91. The number of pyridine rings is 1. The van der Waals surface area contributed by atoms with Crippen molar-refractivity contribution in [1.82, 2.24) is 15.2 Å². The number of nitrogens with zero attached hydrogens (tertiary/aromatic N) is 1. The molecule has 176 valence electrons. The van der Waals surface area contributed by atoms with Gasteiger partial charge in [0.05, 0.1) is 40.0 Å². The van der Waals surface area contributed by atoms with Crippen LogP contribution in [-0.2, 0) is 17.8 Å². The van der Waals surface area contributed by atoms with Crippen LogP contribution in [0.25, 0.3) is 10.9 Å². The number of aromatic nitrogens is 1. The van der Waals surface area contributed by atoms with Gasteiger partial charge in [-0.1, -0.05) is 12.1 Å². The molecule has 0 fully saturated rings. The Labute approximate surface area is 198 Å². The van der Waals surface area contributed by atoms with Crippen molar-refractivity contribution in [3.63, 3.8) is 0 Å². The fourth-order valence-electron chi connectivity index (χ4n) is 3.42. The average molecular weight is 472 g/mol. The molecule has 0 spiro atoms. The number of benzene rings is 2. The quantitative estimate of drug-likeness (QED) is 0.345. The van der Waals surface area contributed by atoms with Gasteiger partial charge in [0.2, 0.25) is 0 Å². The summed E-state index contributed by atoms with van der Waals surface area (Å²) in [5.41, 5.74) is 2.10. The van der Waals surface area contributed by atoms with Gasteiger partial charge in [0.1, 0.15) is 5.75 Å². The summed E-state index contributed by atoms with van der Waals surface area (Å²) < 4.78 is 21.1. The lowest BCUT2D eigenvalue weighted by atomic mass is 10.1. The normalized spacial score (nSPS) is 10.7. The first kappa shape index (κ1) is 24.3. The van der Waals surface area contributed by atoms with Crippen LogP contribution in [-0.4, -0.2) is 56.6 Å². The highest BCUT2D eigenvalue weighted by molar-refractivity contribution is 7.80. The van der Waals surface area contributed by atoms with Crippen molar-refractivity contribution >= 4 is 28.2 Å². The number of aromatic amines is 1. The molecule has 0 aliphatic rings. The van der Waals surface area contributed by atoms with Crippen molar-refractivity contribution in [3.8, 4) is 17.2 Å². The van der Waals surface area contributed by atoms with E-state index in [1.54, 1.807) is 34.5 Å². The second kappa shape index (κ2) is 11.5. The maximum atomic E-state index is 12.9. The number of hydrogen-bond donors (Lipinski definition) is 2. The summed E-state index contributed by atoms with van der Waals surface area (Å²) >= 11 is 5.63. The minimum atomic E-state index is -0.186. The van der Waals surface area contributed by atoms with Gasteiger partial charge in [-0.05, 0) is 42.0 Å². The predicted octanol–water partition coefficient (Wildman–Crippen LogP) is 3.08. The summed E-state index contributed by atoms with van der Waals surface area (Å²) in [6.45, 7) is 1.94. The van der Waals surface area contributed by atoms with Gasteiger partial charge in [-0.15, -0.1) is 0 Å². The second-order valence-corrected chi connectivity index (χ2v) is 7.73. The molecule has 0 bridgehead atoms. The molecule has 0 unspecified atom stereocenters. The van der Waals surface area contributed by atoms with E-state index >= 15 is 0 Å². The molecule has 1 heterocycles. The lowest BCUT2D eigenvalue weighted by molar-refractivity contribution is 0.202. The van der Waals surface area contributed by atoms with Gasteiger partial charge in [0.15, 0.2) is 16.6 Å². The second-order valence-electron chi connectivity index (χ2n) is 7.35. The molecule has 0 saturated heterocycles. The van der Waals surface area contributed by atoms with Crippen molar-refractivity contribution < 1.29 is 18.9 Å². The van der Waals surface area contributed by atoms with E-state index in [0.29, 0.717) is 53.9 Å². The van der Waals surface area contributed by atoms with Gasteiger partial charge in [0.25, 0.3) is 5.56 Å². The third-order valence-corrected chi connectivity index (χ3v) is 5.59.